The maximum atomic E-state index is 11.3. The van der Waals surface area contributed by atoms with Gasteiger partial charge in [0.1, 0.15) is 18.0 Å². The van der Waals surface area contributed by atoms with Gasteiger partial charge in [-0.05, 0) is 30.3 Å². The van der Waals surface area contributed by atoms with Crippen molar-refractivity contribution >= 4 is 14.3 Å². The van der Waals surface area contributed by atoms with Gasteiger partial charge in [-0.1, -0.05) is 20.8 Å². The molecule has 5 nitrogen and oxygen atoms in total. The molecule has 0 bridgehead atoms. The quantitative estimate of drug-likeness (QED) is 0.473. The molecule has 1 aliphatic heterocycles. The van der Waals surface area contributed by atoms with Crippen LogP contribution in [0.4, 0.5) is 0 Å². The number of esters is 1. The lowest BCUT2D eigenvalue weighted by atomic mass is 10.2. The Hall–Kier alpha value is -1.11. The Kier molecular flexibility index (Phi) is 4.33. The van der Waals surface area contributed by atoms with Crippen molar-refractivity contribution in [2.24, 2.45) is 0 Å². The first-order valence-corrected chi connectivity index (χ1v) is 10.0. The van der Waals surface area contributed by atoms with Crippen molar-refractivity contribution in [1.29, 1.82) is 0 Å². The summed E-state index contributed by atoms with van der Waals surface area (Å²) < 4.78 is 21.8. The summed E-state index contributed by atoms with van der Waals surface area (Å²) in [6.07, 6.45) is -0.107. The third kappa shape index (κ3) is 3.56. The Labute approximate surface area is 126 Å². The van der Waals surface area contributed by atoms with Gasteiger partial charge in [0.05, 0.1) is 13.7 Å². The Bertz CT molecular complexity index is 514. The van der Waals surface area contributed by atoms with E-state index in [4.69, 9.17) is 13.6 Å². The van der Waals surface area contributed by atoms with E-state index in [-0.39, 0.29) is 23.0 Å². The summed E-state index contributed by atoms with van der Waals surface area (Å²) in [6.45, 7) is 11.6. The van der Waals surface area contributed by atoms with Gasteiger partial charge in [0.25, 0.3) is 0 Å². The highest BCUT2D eigenvalue weighted by atomic mass is 28.4. The molecule has 0 aromatic carbocycles. The van der Waals surface area contributed by atoms with E-state index >= 15 is 0 Å². The number of hydrogen-bond donors (Lipinski definition) is 0. The van der Waals surface area contributed by atoms with Crippen molar-refractivity contribution in [3.05, 3.63) is 23.7 Å². The van der Waals surface area contributed by atoms with Gasteiger partial charge in [0.2, 0.25) is 5.76 Å². The van der Waals surface area contributed by atoms with Crippen molar-refractivity contribution < 1.29 is 23.1 Å². The second kappa shape index (κ2) is 5.59. The molecule has 0 saturated carbocycles. The molecule has 0 N–H and O–H groups in total. The smallest absolute Gasteiger partial charge is 0.373 e. The lowest BCUT2D eigenvalue weighted by molar-refractivity contribution is 0.0562. The fourth-order valence-electron chi connectivity index (χ4n) is 1.74. The SMILES string of the molecule is COC(=O)c1ccc([C@H]2O[C@H]2CO[Si](C)(C)C(C)(C)C)o1. The van der Waals surface area contributed by atoms with E-state index in [1.54, 1.807) is 12.1 Å². The number of hydrogen-bond acceptors (Lipinski definition) is 5. The second-order valence-corrected chi connectivity index (χ2v) is 11.7. The van der Waals surface area contributed by atoms with Crippen LogP contribution in [0.2, 0.25) is 18.1 Å². The molecule has 6 heteroatoms. The van der Waals surface area contributed by atoms with Crippen LogP contribution in [-0.2, 0) is 13.9 Å². The highest BCUT2D eigenvalue weighted by molar-refractivity contribution is 6.74. The third-order valence-corrected chi connectivity index (χ3v) is 8.79. The summed E-state index contributed by atoms with van der Waals surface area (Å²) in [6, 6.07) is 3.36. The van der Waals surface area contributed by atoms with Crippen molar-refractivity contribution in [2.45, 2.75) is 51.1 Å². The predicted octanol–water partition coefficient (Wildman–Crippen LogP) is 3.53. The zero-order valence-electron chi connectivity index (χ0n) is 13.6. The summed E-state index contributed by atoms with van der Waals surface area (Å²) in [7, 11) is -0.434. The van der Waals surface area contributed by atoms with Crippen molar-refractivity contribution in [2.75, 3.05) is 13.7 Å². The van der Waals surface area contributed by atoms with Gasteiger partial charge < -0.3 is 18.3 Å². The van der Waals surface area contributed by atoms with Crippen LogP contribution in [-0.4, -0.2) is 34.1 Å². The number of ether oxygens (including phenoxy) is 2. The fraction of sp³-hybridized carbons (Fsp3) is 0.667. The van der Waals surface area contributed by atoms with Gasteiger partial charge in [0.15, 0.2) is 8.32 Å². The van der Waals surface area contributed by atoms with E-state index in [9.17, 15) is 4.79 Å². The normalized spacial score (nSPS) is 22.2. The number of carbonyl (C=O) groups excluding carboxylic acids is 1. The molecule has 118 valence electrons. The molecule has 0 aliphatic carbocycles. The number of furan rings is 1. The average molecular weight is 312 g/mol. The highest BCUT2D eigenvalue weighted by Crippen LogP contribution is 2.42. The summed E-state index contributed by atoms with van der Waals surface area (Å²) in [5.41, 5.74) is 0. The van der Waals surface area contributed by atoms with Gasteiger partial charge in [0, 0.05) is 0 Å². The van der Waals surface area contributed by atoms with Crippen LogP contribution in [0, 0.1) is 0 Å². The van der Waals surface area contributed by atoms with E-state index in [0.29, 0.717) is 12.4 Å². The topological polar surface area (TPSA) is 61.2 Å². The van der Waals surface area contributed by atoms with Gasteiger partial charge in [-0.3, -0.25) is 0 Å². The Morgan fingerprint density at radius 3 is 2.57 bits per heavy atom. The molecule has 0 radical (unpaired) electrons. The average Bonchev–Trinajstić information content (AvgIpc) is 3.01. The molecule has 2 rings (SSSR count). The van der Waals surface area contributed by atoms with E-state index in [1.165, 1.54) is 7.11 Å². The van der Waals surface area contributed by atoms with Crippen LogP contribution in [0.15, 0.2) is 16.5 Å². The molecule has 0 spiro atoms. The van der Waals surface area contributed by atoms with Gasteiger partial charge in [-0.15, -0.1) is 0 Å². The Morgan fingerprint density at radius 1 is 1.33 bits per heavy atom. The minimum atomic E-state index is -1.76. The van der Waals surface area contributed by atoms with Crippen molar-refractivity contribution in [3.63, 3.8) is 0 Å². The van der Waals surface area contributed by atoms with E-state index < -0.39 is 14.3 Å². The van der Waals surface area contributed by atoms with E-state index in [2.05, 4.69) is 38.6 Å². The molecule has 1 aliphatic rings. The lowest BCUT2D eigenvalue weighted by Crippen LogP contribution is -2.41. The monoisotopic (exact) mass is 312 g/mol. The van der Waals surface area contributed by atoms with Gasteiger partial charge >= 0.3 is 5.97 Å². The van der Waals surface area contributed by atoms with Crippen LogP contribution < -0.4 is 0 Å². The largest absolute Gasteiger partial charge is 0.463 e. The molecule has 1 saturated heterocycles. The number of methoxy groups -OCH3 is 1. The predicted molar refractivity (Wildman–Crippen MR) is 80.8 cm³/mol. The number of carbonyl (C=O) groups is 1. The van der Waals surface area contributed by atoms with Crippen LogP contribution >= 0.6 is 0 Å². The minimum absolute atomic E-state index is 0.00997. The molecule has 2 atom stereocenters. The van der Waals surface area contributed by atoms with Crippen LogP contribution in [0.25, 0.3) is 0 Å². The highest BCUT2D eigenvalue weighted by Gasteiger charge is 2.46. The fourth-order valence-corrected chi connectivity index (χ4v) is 2.76. The first-order chi connectivity index (χ1) is 9.65. The summed E-state index contributed by atoms with van der Waals surface area (Å²) in [5.74, 6) is 0.377. The molecule has 1 aromatic heterocycles. The number of epoxide rings is 1. The lowest BCUT2D eigenvalue weighted by Gasteiger charge is -2.35. The van der Waals surface area contributed by atoms with Crippen LogP contribution in [0.3, 0.4) is 0 Å². The van der Waals surface area contributed by atoms with E-state index in [0.717, 1.165) is 0 Å². The molecule has 1 aromatic rings. The molecule has 0 unspecified atom stereocenters. The molecule has 1 fully saturated rings. The summed E-state index contributed by atoms with van der Waals surface area (Å²) in [5, 5.41) is 0.181. The van der Waals surface area contributed by atoms with Crippen molar-refractivity contribution in [3.8, 4) is 0 Å². The van der Waals surface area contributed by atoms with Crippen LogP contribution in [0.5, 0.6) is 0 Å². The minimum Gasteiger partial charge on any atom is -0.463 e. The molecular formula is C15H24O5Si. The molecule has 0 amide bonds. The third-order valence-electron chi connectivity index (χ3n) is 4.29. The van der Waals surface area contributed by atoms with Gasteiger partial charge in [-0.25, -0.2) is 4.79 Å². The number of rotatable bonds is 5. The van der Waals surface area contributed by atoms with Crippen molar-refractivity contribution in [1.82, 2.24) is 0 Å². The Morgan fingerprint density at radius 2 is 2.00 bits per heavy atom. The first kappa shape index (κ1) is 16.3. The molecule has 2 heterocycles. The summed E-state index contributed by atoms with van der Waals surface area (Å²) in [4.78, 5) is 11.3. The maximum Gasteiger partial charge on any atom is 0.373 e. The van der Waals surface area contributed by atoms with Crippen LogP contribution in [0.1, 0.15) is 43.2 Å². The zero-order chi connectivity index (χ0) is 15.8. The van der Waals surface area contributed by atoms with Gasteiger partial charge in [-0.2, -0.15) is 0 Å². The molecular weight excluding hydrogens is 288 g/mol. The first-order valence-electron chi connectivity index (χ1n) is 7.13. The molecule has 21 heavy (non-hydrogen) atoms. The Balaban J connectivity index is 1.88. The van der Waals surface area contributed by atoms with E-state index in [1.807, 2.05) is 0 Å². The second-order valence-electron chi connectivity index (χ2n) is 6.86. The zero-order valence-corrected chi connectivity index (χ0v) is 14.6. The standard InChI is InChI=1S/C15H24O5Si/c1-15(2,3)21(5,6)18-9-12-13(20-12)10-7-8-11(19-10)14(16)17-4/h7-8,12-13H,9H2,1-6H3/t12-,13+/m0/s1. The maximum absolute atomic E-state index is 11.3. The summed E-state index contributed by atoms with van der Waals surface area (Å²) >= 11 is 0.